The Labute approximate surface area is 124 Å². The zero-order valence-corrected chi connectivity index (χ0v) is 12.8. The van der Waals surface area contributed by atoms with Crippen molar-refractivity contribution in [1.29, 1.82) is 0 Å². The lowest BCUT2D eigenvalue weighted by atomic mass is 9.77. The highest BCUT2D eigenvalue weighted by molar-refractivity contribution is 6.28. The molecule has 0 aromatic heterocycles. The van der Waals surface area contributed by atoms with Crippen molar-refractivity contribution >= 4 is 11.6 Å². The SMILES string of the molecule is Cc1cc2c(cc1C(C)(C)C)C(=O)c1ccccc1C2=O. The zero-order chi connectivity index (χ0) is 15.4. The third-order valence-electron chi connectivity index (χ3n) is 4.08. The predicted octanol–water partition coefficient (Wildman–Crippen LogP) is 4.07. The van der Waals surface area contributed by atoms with E-state index >= 15 is 0 Å². The fourth-order valence-electron chi connectivity index (χ4n) is 3.06. The molecule has 2 aromatic rings. The summed E-state index contributed by atoms with van der Waals surface area (Å²) in [5, 5.41) is 0. The second kappa shape index (κ2) is 4.39. The summed E-state index contributed by atoms with van der Waals surface area (Å²) in [5.41, 5.74) is 4.21. The second-order valence-corrected chi connectivity index (χ2v) is 6.67. The van der Waals surface area contributed by atoms with Crippen molar-refractivity contribution in [2.45, 2.75) is 33.1 Å². The summed E-state index contributed by atoms with van der Waals surface area (Å²) in [6.45, 7) is 8.35. The van der Waals surface area contributed by atoms with Gasteiger partial charge in [-0.25, -0.2) is 0 Å². The maximum atomic E-state index is 12.7. The highest BCUT2D eigenvalue weighted by Gasteiger charge is 2.31. The molecule has 0 N–H and O–H groups in total. The van der Waals surface area contributed by atoms with Crippen molar-refractivity contribution in [2.75, 3.05) is 0 Å². The average Bonchev–Trinajstić information content (AvgIpc) is 2.43. The van der Waals surface area contributed by atoms with Gasteiger partial charge < -0.3 is 0 Å². The second-order valence-electron chi connectivity index (χ2n) is 6.67. The summed E-state index contributed by atoms with van der Waals surface area (Å²) in [6, 6.07) is 10.8. The van der Waals surface area contributed by atoms with Crippen molar-refractivity contribution in [2.24, 2.45) is 0 Å². The fourth-order valence-corrected chi connectivity index (χ4v) is 3.06. The molecule has 0 radical (unpaired) electrons. The highest BCUT2D eigenvalue weighted by Crippen LogP contribution is 2.33. The molecule has 0 spiro atoms. The van der Waals surface area contributed by atoms with Gasteiger partial charge in [-0.3, -0.25) is 9.59 Å². The van der Waals surface area contributed by atoms with E-state index in [1.807, 2.05) is 19.1 Å². The molecule has 0 atom stereocenters. The number of carbonyl (C=O) groups is 2. The van der Waals surface area contributed by atoms with E-state index in [4.69, 9.17) is 0 Å². The number of ketones is 2. The van der Waals surface area contributed by atoms with Crippen LogP contribution in [0, 0.1) is 6.92 Å². The molecule has 0 bridgehead atoms. The largest absolute Gasteiger partial charge is 0.289 e. The summed E-state index contributed by atoms with van der Waals surface area (Å²) >= 11 is 0. The monoisotopic (exact) mass is 278 g/mol. The number of benzene rings is 2. The lowest BCUT2D eigenvalue weighted by Gasteiger charge is -2.25. The lowest BCUT2D eigenvalue weighted by molar-refractivity contribution is 0.0979. The van der Waals surface area contributed by atoms with E-state index in [0.717, 1.165) is 11.1 Å². The Morgan fingerprint density at radius 3 is 1.71 bits per heavy atom. The van der Waals surface area contributed by atoms with Crippen LogP contribution < -0.4 is 0 Å². The molecule has 0 amide bonds. The van der Waals surface area contributed by atoms with Gasteiger partial charge >= 0.3 is 0 Å². The average molecular weight is 278 g/mol. The van der Waals surface area contributed by atoms with E-state index in [1.54, 1.807) is 24.3 Å². The number of hydrogen-bond donors (Lipinski definition) is 0. The van der Waals surface area contributed by atoms with Crippen LogP contribution in [0.5, 0.6) is 0 Å². The first-order valence-electron chi connectivity index (χ1n) is 7.14. The van der Waals surface area contributed by atoms with Gasteiger partial charge in [-0.15, -0.1) is 0 Å². The molecule has 21 heavy (non-hydrogen) atoms. The predicted molar refractivity (Wildman–Crippen MR) is 83.2 cm³/mol. The highest BCUT2D eigenvalue weighted by atomic mass is 16.1. The molecule has 0 aliphatic heterocycles. The van der Waals surface area contributed by atoms with E-state index in [1.165, 1.54) is 0 Å². The van der Waals surface area contributed by atoms with E-state index in [9.17, 15) is 9.59 Å². The zero-order valence-electron chi connectivity index (χ0n) is 12.8. The maximum Gasteiger partial charge on any atom is 0.194 e. The van der Waals surface area contributed by atoms with Gasteiger partial charge in [-0.05, 0) is 35.6 Å². The van der Waals surface area contributed by atoms with E-state index < -0.39 is 0 Å². The van der Waals surface area contributed by atoms with Crippen LogP contribution in [0.1, 0.15) is 63.7 Å². The van der Waals surface area contributed by atoms with Crippen molar-refractivity contribution in [3.63, 3.8) is 0 Å². The van der Waals surface area contributed by atoms with Gasteiger partial charge in [0.2, 0.25) is 0 Å². The summed E-state index contributed by atoms with van der Waals surface area (Å²) in [5.74, 6) is -0.102. The molecule has 0 saturated heterocycles. The van der Waals surface area contributed by atoms with Crippen molar-refractivity contribution in [3.05, 3.63) is 69.8 Å². The Balaban J connectivity index is 2.29. The number of fused-ring (bicyclic) bond motifs is 2. The topological polar surface area (TPSA) is 34.1 Å². The number of hydrogen-bond acceptors (Lipinski definition) is 2. The van der Waals surface area contributed by atoms with Gasteiger partial charge in [0.1, 0.15) is 0 Å². The van der Waals surface area contributed by atoms with E-state index in [2.05, 4.69) is 20.8 Å². The molecule has 0 unspecified atom stereocenters. The van der Waals surface area contributed by atoms with Gasteiger partial charge in [0, 0.05) is 22.3 Å². The summed E-state index contributed by atoms with van der Waals surface area (Å²) in [7, 11) is 0. The van der Waals surface area contributed by atoms with Crippen LogP contribution in [0.15, 0.2) is 36.4 Å². The van der Waals surface area contributed by atoms with Crippen LogP contribution in [0.25, 0.3) is 0 Å². The third-order valence-corrected chi connectivity index (χ3v) is 4.08. The summed E-state index contributed by atoms with van der Waals surface area (Å²) in [4.78, 5) is 25.3. The van der Waals surface area contributed by atoms with Gasteiger partial charge in [0.25, 0.3) is 0 Å². The van der Waals surface area contributed by atoms with Crippen LogP contribution in [0.4, 0.5) is 0 Å². The first kappa shape index (κ1) is 13.7. The Kier molecular flexibility index (Phi) is 2.87. The summed E-state index contributed by atoms with van der Waals surface area (Å²) in [6.07, 6.45) is 0. The van der Waals surface area contributed by atoms with Crippen LogP contribution in [0.2, 0.25) is 0 Å². The van der Waals surface area contributed by atoms with Gasteiger partial charge in [-0.1, -0.05) is 45.0 Å². The minimum Gasteiger partial charge on any atom is -0.289 e. The molecule has 1 aliphatic carbocycles. The minimum absolute atomic E-state index is 0.0503. The van der Waals surface area contributed by atoms with Crippen molar-refractivity contribution in [1.82, 2.24) is 0 Å². The Bertz CT molecular complexity index is 777. The number of rotatable bonds is 0. The Hall–Kier alpha value is -2.22. The lowest BCUT2D eigenvalue weighted by Crippen LogP contribution is -2.23. The summed E-state index contributed by atoms with van der Waals surface area (Å²) < 4.78 is 0. The molecular formula is C19H18O2. The minimum atomic E-state index is -0.0561. The molecule has 0 saturated carbocycles. The van der Waals surface area contributed by atoms with Crippen LogP contribution in [-0.4, -0.2) is 11.6 Å². The molecular weight excluding hydrogens is 260 g/mol. The van der Waals surface area contributed by atoms with Gasteiger partial charge in [0.05, 0.1) is 0 Å². The smallest absolute Gasteiger partial charge is 0.194 e. The standard InChI is InChI=1S/C19H18O2/c1-11-9-14-15(10-16(11)19(2,3)4)18(21)13-8-6-5-7-12(13)17(14)20/h5-10H,1-4H3. The third kappa shape index (κ3) is 2.02. The molecule has 2 aromatic carbocycles. The normalized spacial score (nSPS) is 13.9. The number of aryl methyl sites for hydroxylation is 1. The molecule has 2 nitrogen and oxygen atoms in total. The maximum absolute atomic E-state index is 12.7. The Morgan fingerprint density at radius 2 is 1.24 bits per heavy atom. The molecule has 3 rings (SSSR count). The van der Waals surface area contributed by atoms with Gasteiger partial charge in [0.15, 0.2) is 11.6 Å². The molecule has 1 aliphatic rings. The van der Waals surface area contributed by atoms with Crippen molar-refractivity contribution in [3.8, 4) is 0 Å². The van der Waals surface area contributed by atoms with E-state index in [0.29, 0.717) is 22.3 Å². The molecule has 2 heteroatoms. The van der Waals surface area contributed by atoms with Crippen molar-refractivity contribution < 1.29 is 9.59 Å². The molecule has 0 heterocycles. The van der Waals surface area contributed by atoms with Crippen LogP contribution in [0.3, 0.4) is 0 Å². The van der Waals surface area contributed by atoms with Crippen LogP contribution in [-0.2, 0) is 5.41 Å². The first-order chi connectivity index (χ1) is 9.80. The fraction of sp³-hybridized carbons (Fsp3) is 0.263. The van der Waals surface area contributed by atoms with Crippen LogP contribution >= 0.6 is 0 Å². The van der Waals surface area contributed by atoms with Gasteiger partial charge in [-0.2, -0.15) is 0 Å². The Morgan fingerprint density at radius 1 is 0.762 bits per heavy atom. The van der Waals surface area contributed by atoms with E-state index in [-0.39, 0.29) is 17.0 Å². The first-order valence-corrected chi connectivity index (χ1v) is 7.14. The molecule has 106 valence electrons. The quantitative estimate of drug-likeness (QED) is 0.621. The number of carbonyl (C=O) groups excluding carboxylic acids is 2. The molecule has 0 fully saturated rings.